The number of rotatable bonds is 10. The lowest BCUT2D eigenvalue weighted by Crippen LogP contribution is -2.55. The van der Waals surface area contributed by atoms with Crippen molar-refractivity contribution < 1.29 is 31.5 Å². The Bertz CT molecular complexity index is 1110. The summed E-state index contributed by atoms with van der Waals surface area (Å²) < 4.78 is 65.6. The van der Waals surface area contributed by atoms with Crippen molar-refractivity contribution in [3.63, 3.8) is 0 Å². The fourth-order valence-corrected chi connectivity index (χ4v) is 5.39. The molecule has 0 aromatic heterocycles. The lowest BCUT2D eigenvalue weighted by molar-refractivity contribution is -0.131. The highest BCUT2D eigenvalue weighted by Gasteiger charge is 2.38. The summed E-state index contributed by atoms with van der Waals surface area (Å²) in [5, 5.41) is 2.76. The van der Waals surface area contributed by atoms with E-state index in [1.165, 1.54) is 0 Å². The largest absolute Gasteiger partial charge is 0.493 e. The molecule has 0 spiro atoms. The molecule has 0 aliphatic carbocycles. The lowest BCUT2D eigenvalue weighted by Gasteiger charge is -2.36. The number of piperidine rings is 1. The molecule has 0 radical (unpaired) electrons. The van der Waals surface area contributed by atoms with E-state index in [4.69, 9.17) is 9.47 Å². The van der Waals surface area contributed by atoms with Crippen LogP contribution < -0.4 is 14.8 Å². The topological polar surface area (TPSA) is 84.9 Å². The van der Waals surface area contributed by atoms with E-state index in [9.17, 15) is 22.0 Å². The van der Waals surface area contributed by atoms with Gasteiger partial charge < -0.3 is 14.8 Å². The number of ether oxygens (including phenoxy) is 2. The minimum atomic E-state index is -3.94. The standard InChI is InChI=1S/C25H32F2N2O5S/c1-25(2,14-6-16-34-23-8-5-4-7-22(23)33-3)24(30)28-21-13-15-29(17-20(21)27)35(31,32)19-11-9-18(26)10-12-19/h4-5,7-12,20-21H,6,13-17H2,1-3H3,(H,28,30)/t20-,21-/m0/s1. The van der Waals surface area contributed by atoms with E-state index in [2.05, 4.69) is 5.32 Å². The van der Waals surface area contributed by atoms with Gasteiger partial charge in [-0.15, -0.1) is 0 Å². The van der Waals surface area contributed by atoms with Crippen molar-refractivity contribution in [2.24, 2.45) is 5.41 Å². The maximum atomic E-state index is 14.9. The average Bonchev–Trinajstić information content (AvgIpc) is 2.83. The van der Waals surface area contributed by atoms with E-state index in [1.807, 2.05) is 12.1 Å². The number of amides is 1. The zero-order valence-corrected chi connectivity index (χ0v) is 21.0. The van der Waals surface area contributed by atoms with Gasteiger partial charge in [0.25, 0.3) is 0 Å². The van der Waals surface area contributed by atoms with Crippen molar-refractivity contribution >= 4 is 15.9 Å². The molecule has 192 valence electrons. The molecule has 1 N–H and O–H groups in total. The van der Waals surface area contributed by atoms with E-state index in [1.54, 1.807) is 33.1 Å². The molecule has 2 aromatic carbocycles. The first kappa shape index (κ1) is 26.9. The molecule has 1 amide bonds. The van der Waals surface area contributed by atoms with Crippen LogP contribution in [0.15, 0.2) is 53.4 Å². The van der Waals surface area contributed by atoms with Crippen molar-refractivity contribution in [3.8, 4) is 11.5 Å². The summed E-state index contributed by atoms with van der Waals surface area (Å²) in [4.78, 5) is 12.8. The van der Waals surface area contributed by atoms with Crippen molar-refractivity contribution in [1.82, 2.24) is 9.62 Å². The van der Waals surface area contributed by atoms with Gasteiger partial charge in [-0.1, -0.05) is 26.0 Å². The Morgan fingerprint density at radius 1 is 1.14 bits per heavy atom. The number of hydrogen-bond acceptors (Lipinski definition) is 5. The third-order valence-electron chi connectivity index (χ3n) is 6.16. The van der Waals surface area contributed by atoms with Gasteiger partial charge >= 0.3 is 0 Å². The lowest BCUT2D eigenvalue weighted by atomic mass is 9.86. The molecular formula is C25H32F2N2O5S. The third-order valence-corrected chi connectivity index (χ3v) is 8.04. The maximum absolute atomic E-state index is 14.9. The maximum Gasteiger partial charge on any atom is 0.243 e. The quantitative estimate of drug-likeness (QED) is 0.490. The number of para-hydroxylation sites is 2. The highest BCUT2D eigenvalue weighted by molar-refractivity contribution is 7.89. The highest BCUT2D eigenvalue weighted by atomic mass is 32.2. The van der Waals surface area contributed by atoms with Crippen LogP contribution in [-0.4, -0.2) is 57.6 Å². The van der Waals surface area contributed by atoms with Gasteiger partial charge in [-0.05, 0) is 55.7 Å². The van der Waals surface area contributed by atoms with Gasteiger partial charge in [0.05, 0.1) is 24.7 Å². The molecule has 2 aromatic rings. The van der Waals surface area contributed by atoms with Crippen LogP contribution in [0.5, 0.6) is 11.5 Å². The van der Waals surface area contributed by atoms with Crippen LogP contribution in [0.4, 0.5) is 8.78 Å². The second kappa shape index (κ2) is 11.3. The van der Waals surface area contributed by atoms with Gasteiger partial charge in [0, 0.05) is 18.5 Å². The SMILES string of the molecule is COc1ccccc1OCCCC(C)(C)C(=O)N[C@H]1CCN(S(=O)(=O)c2ccc(F)cc2)C[C@@H]1F. The number of hydrogen-bond donors (Lipinski definition) is 1. The minimum Gasteiger partial charge on any atom is -0.493 e. The van der Waals surface area contributed by atoms with Crippen molar-refractivity contribution in [1.29, 1.82) is 0 Å². The van der Waals surface area contributed by atoms with Crippen LogP contribution in [0, 0.1) is 11.2 Å². The molecule has 3 rings (SSSR count). The predicted molar refractivity (Wildman–Crippen MR) is 128 cm³/mol. The number of sulfonamides is 1. The molecule has 10 heteroatoms. The van der Waals surface area contributed by atoms with Crippen molar-refractivity contribution in [2.75, 3.05) is 26.8 Å². The Hall–Kier alpha value is -2.72. The number of carbonyl (C=O) groups is 1. The zero-order valence-electron chi connectivity index (χ0n) is 20.2. The van der Waals surface area contributed by atoms with Gasteiger partial charge in [-0.25, -0.2) is 17.2 Å². The molecule has 7 nitrogen and oxygen atoms in total. The van der Waals surface area contributed by atoms with Gasteiger partial charge in [0.1, 0.15) is 12.0 Å². The first-order chi connectivity index (χ1) is 16.5. The summed E-state index contributed by atoms with van der Waals surface area (Å²) >= 11 is 0. The van der Waals surface area contributed by atoms with Gasteiger partial charge in [-0.2, -0.15) is 4.31 Å². The molecular weight excluding hydrogens is 478 g/mol. The molecule has 1 aliphatic heterocycles. The summed E-state index contributed by atoms with van der Waals surface area (Å²) in [6, 6.07) is 10.9. The Morgan fingerprint density at radius 3 is 2.43 bits per heavy atom. The third kappa shape index (κ3) is 6.70. The Balaban J connectivity index is 1.49. The minimum absolute atomic E-state index is 0.0538. The molecule has 1 heterocycles. The molecule has 1 saturated heterocycles. The van der Waals surface area contributed by atoms with Crippen LogP contribution >= 0.6 is 0 Å². The monoisotopic (exact) mass is 510 g/mol. The zero-order chi connectivity index (χ0) is 25.6. The molecule has 0 saturated carbocycles. The molecule has 1 aliphatic rings. The first-order valence-electron chi connectivity index (χ1n) is 11.5. The number of alkyl halides is 1. The average molecular weight is 511 g/mol. The summed E-state index contributed by atoms with van der Waals surface area (Å²) in [7, 11) is -2.38. The van der Waals surface area contributed by atoms with Crippen LogP contribution in [0.1, 0.15) is 33.1 Å². The molecule has 35 heavy (non-hydrogen) atoms. The number of methoxy groups -OCH3 is 1. The van der Waals surface area contributed by atoms with E-state index in [-0.39, 0.29) is 30.3 Å². The van der Waals surface area contributed by atoms with Crippen LogP contribution in [-0.2, 0) is 14.8 Å². The second-order valence-corrected chi connectivity index (χ2v) is 11.1. The highest BCUT2D eigenvalue weighted by Crippen LogP contribution is 2.28. The number of nitrogens with zero attached hydrogens (tertiary/aromatic N) is 1. The molecule has 1 fully saturated rings. The van der Waals surface area contributed by atoms with E-state index in [0.29, 0.717) is 30.9 Å². The van der Waals surface area contributed by atoms with E-state index >= 15 is 0 Å². The fourth-order valence-electron chi connectivity index (χ4n) is 3.93. The smallest absolute Gasteiger partial charge is 0.243 e. The van der Waals surface area contributed by atoms with Gasteiger partial charge in [0.2, 0.25) is 15.9 Å². The number of benzene rings is 2. The Labute approximate surface area is 205 Å². The fraction of sp³-hybridized carbons (Fsp3) is 0.480. The predicted octanol–water partition coefficient (Wildman–Crippen LogP) is 3.94. The summed E-state index contributed by atoms with van der Waals surface area (Å²) in [6.07, 6.45) is -0.304. The summed E-state index contributed by atoms with van der Waals surface area (Å²) in [6.45, 7) is 3.64. The summed E-state index contributed by atoms with van der Waals surface area (Å²) in [5.41, 5.74) is -0.763. The first-order valence-corrected chi connectivity index (χ1v) is 12.9. The van der Waals surface area contributed by atoms with Crippen LogP contribution in [0.25, 0.3) is 0 Å². The van der Waals surface area contributed by atoms with Gasteiger partial charge in [0.15, 0.2) is 11.5 Å². The molecule has 0 bridgehead atoms. The number of halogens is 2. The van der Waals surface area contributed by atoms with E-state index < -0.39 is 33.5 Å². The Morgan fingerprint density at radius 2 is 1.80 bits per heavy atom. The second-order valence-electron chi connectivity index (χ2n) is 9.19. The normalized spacial score (nSPS) is 19.2. The molecule has 2 atom stereocenters. The molecule has 0 unspecified atom stereocenters. The van der Waals surface area contributed by atoms with Crippen molar-refractivity contribution in [2.45, 2.75) is 50.2 Å². The van der Waals surface area contributed by atoms with E-state index in [0.717, 1.165) is 28.6 Å². The number of nitrogens with one attached hydrogen (secondary N) is 1. The van der Waals surface area contributed by atoms with Gasteiger partial charge in [-0.3, -0.25) is 4.79 Å². The Kier molecular flexibility index (Phi) is 8.71. The van der Waals surface area contributed by atoms with Crippen LogP contribution in [0.3, 0.4) is 0 Å². The number of carbonyl (C=O) groups excluding carboxylic acids is 1. The van der Waals surface area contributed by atoms with Crippen molar-refractivity contribution in [3.05, 3.63) is 54.3 Å². The van der Waals surface area contributed by atoms with Crippen LogP contribution in [0.2, 0.25) is 0 Å². The summed E-state index contributed by atoms with van der Waals surface area (Å²) in [5.74, 6) is 0.408.